The Hall–Kier alpha value is -3.40. The number of hydrogen-bond donors (Lipinski definition) is 1. The third-order valence-corrected chi connectivity index (χ3v) is 4.78. The zero-order chi connectivity index (χ0) is 18.8. The van der Waals surface area contributed by atoms with Gasteiger partial charge in [-0.1, -0.05) is 60.7 Å². The molecule has 0 bridgehead atoms. The van der Waals surface area contributed by atoms with Crippen LogP contribution in [0.1, 0.15) is 22.4 Å². The van der Waals surface area contributed by atoms with Crippen LogP contribution in [0.15, 0.2) is 77.7 Å². The lowest BCUT2D eigenvalue weighted by Gasteiger charge is -2.15. The maximum absolute atomic E-state index is 13.3. The minimum absolute atomic E-state index is 0.0503. The third-order valence-electron chi connectivity index (χ3n) is 4.78. The van der Waals surface area contributed by atoms with Gasteiger partial charge in [0.2, 0.25) is 0 Å². The van der Waals surface area contributed by atoms with Crippen LogP contribution >= 0.6 is 0 Å². The topological polar surface area (TPSA) is 55.1 Å². The number of nitrogens with zero attached hydrogens (tertiary/aromatic N) is 2. The van der Waals surface area contributed by atoms with Crippen LogP contribution < -0.4 is 5.56 Å². The Balaban J connectivity index is 1.94. The van der Waals surface area contributed by atoms with Gasteiger partial charge in [0.05, 0.1) is 24.0 Å². The Labute approximate surface area is 157 Å². The van der Waals surface area contributed by atoms with Crippen molar-refractivity contribution in [1.29, 1.82) is 0 Å². The van der Waals surface area contributed by atoms with Gasteiger partial charge in [0.1, 0.15) is 5.75 Å². The number of fused-ring (bicyclic) bond motifs is 1. The highest BCUT2D eigenvalue weighted by Crippen LogP contribution is 2.26. The van der Waals surface area contributed by atoms with Crippen molar-refractivity contribution in [2.24, 2.45) is 0 Å². The number of pyridine rings is 2. The number of aryl methyl sites for hydroxylation is 1. The lowest BCUT2D eigenvalue weighted by molar-refractivity contribution is 0.478. The average molecular weight is 356 g/mol. The molecular formula is C23H20N2O2. The Kier molecular flexibility index (Phi) is 4.47. The van der Waals surface area contributed by atoms with Crippen LogP contribution in [0.5, 0.6) is 5.75 Å². The van der Waals surface area contributed by atoms with E-state index in [4.69, 9.17) is 0 Å². The van der Waals surface area contributed by atoms with Gasteiger partial charge in [0, 0.05) is 17.4 Å². The summed E-state index contributed by atoms with van der Waals surface area (Å²) < 4.78 is 1.73. The van der Waals surface area contributed by atoms with Crippen molar-refractivity contribution < 1.29 is 5.11 Å². The highest BCUT2D eigenvalue weighted by Gasteiger charge is 2.15. The van der Waals surface area contributed by atoms with Crippen LogP contribution in [0, 0.1) is 6.92 Å². The molecule has 0 aliphatic rings. The molecule has 4 aromatic rings. The van der Waals surface area contributed by atoms with E-state index in [1.165, 1.54) is 6.20 Å². The molecule has 1 N–H and O–H groups in total. The molecule has 0 saturated carbocycles. The lowest BCUT2D eigenvalue weighted by Crippen LogP contribution is -2.25. The second-order valence-corrected chi connectivity index (χ2v) is 6.70. The monoisotopic (exact) mass is 356 g/mol. The first-order chi connectivity index (χ1) is 13.1. The Morgan fingerprint density at radius 3 is 2.26 bits per heavy atom. The molecule has 27 heavy (non-hydrogen) atoms. The maximum atomic E-state index is 13.3. The number of benzene rings is 2. The quantitative estimate of drug-likeness (QED) is 0.600. The van der Waals surface area contributed by atoms with Crippen LogP contribution in [0.2, 0.25) is 0 Å². The molecule has 4 nitrogen and oxygen atoms in total. The van der Waals surface area contributed by atoms with Gasteiger partial charge in [-0.2, -0.15) is 0 Å². The molecule has 2 heterocycles. The largest absolute Gasteiger partial charge is 0.506 e. The summed E-state index contributed by atoms with van der Waals surface area (Å²) in [5, 5.41) is 11.0. The number of rotatable bonds is 4. The Bertz CT molecular complexity index is 1150. The summed E-state index contributed by atoms with van der Waals surface area (Å²) in [5.74, 6) is 0.0896. The zero-order valence-corrected chi connectivity index (χ0v) is 15.1. The minimum Gasteiger partial charge on any atom is -0.506 e. The highest BCUT2D eigenvalue weighted by molar-refractivity contribution is 5.87. The van der Waals surface area contributed by atoms with Crippen molar-refractivity contribution >= 4 is 10.9 Å². The fourth-order valence-corrected chi connectivity index (χ4v) is 3.46. The van der Waals surface area contributed by atoms with Gasteiger partial charge >= 0.3 is 0 Å². The summed E-state index contributed by atoms with van der Waals surface area (Å²) in [4.78, 5) is 17.6. The normalized spacial score (nSPS) is 11.0. The summed E-state index contributed by atoms with van der Waals surface area (Å²) in [6.45, 7) is 2.30. The van der Waals surface area contributed by atoms with Gasteiger partial charge in [-0.15, -0.1) is 0 Å². The fraction of sp³-hybridized carbons (Fsp3) is 0.130. The first-order valence-corrected chi connectivity index (χ1v) is 8.92. The molecule has 0 spiro atoms. The number of aromatic hydroxyl groups is 1. The zero-order valence-electron chi connectivity index (χ0n) is 15.1. The molecule has 0 fully saturated rings. The SMILES string of the molecule is Cc1ncc(O)c2cc(Cc3ccccc3)c(=O)n(Cc3ccccc3)c12. The van der Waals surface area contributed by atoms with E-state index in [2.05, 4.69) is 4.98 Å². The molecule has 4 rings (SSSR count). The molecule has 0 amide bonds. The minimum atomic E-state index is -0.0503. The van der Waals surface area contributed by atoms with Crippen molar-refractivity contribution in [3.8, 4) is 5.75 Å². The van der Waals surface area contributed by atoms with Gasteiger partial charge in [0.25, 0.3) is 5.56 Å². The van der Waals surface area contributed by atoms with Crippen LogP contribution in [0.25, 0.3) is 10.9 Å². The first-order valence-electron chi connectivity index (χ1n) is 8.92. The summed E-state index contributed by atoms with van der Waals surface area (Å²) in [5.41, 5.74) is 4.10. The van der Waals surface area contributed by atoms with E-state index < -0.39 is 0 Å². The summed E-state index contributed by atoms with van der Waals surface area (Å²) in [6.07, 6.45) is 1.96. The molecule has 0 aliphatic heterocycles. The second kappa shape index (κ2) is 7.08. The van der Waals surface area contributed by atoms with Crippen molar-refractivity contribution in [2.75, 3.05) is 0 Å². The Morgan fingerprint density at radius 1 is 0.963 bits per heavy atom. The van der Waals surface area contributed by atoms with Crippen molar-refractivity contribution in [1.82, 2.24) is 9.55 Å². The van der Waals surface area contributed by atoms with Crippen LogP contribution in [0.4, 0.5) is 0 Å². The van der Waals surface area contributed by atoms with Gasteiger partial charge < -0.3 is 9.67 Å². The van der Waals surface area contributed by atoms with Gasteiger partial charge in [-0.3, -0.25) is 9.78 Å². The molecule has 2 aromatic heterocycles. The Morgan fingerprint density at radius 2 is 1.59 bits per heavy atom. The van der Waals surface area contributed by atoms with E-state index in [1.807, 2.05) is 67.6 Å². The molecule has 0 radical (unpaired) electrons. The van der Waals surface area contributed by atoms with Gasteiger partial charge in [-0.25, -0.2) is 0 Å². The molecule has 0 saturated heterocycles. The van der Waals surface area contributed by atoms with E-state index >= 15 is 0 Å². The predicted molar refractivity (Wildman–Crippen MR) is 107 cm³/mol. The van der Waals surface area contributed by atoms with Crippen molar-refractivity contribution in [3.05, 3.63) is 106 Å². The molecule has 0 atom stereocenters. The molecule has 2 aromatic carbocycles. The smallest absolute Gasteiger partial charge is 0.254 e. The molecule has 0 aliphatic carbocycles. The molecule has 134 valence electrons. The third kappa shape index (κ3) is 3.34. The predicted octanol–water partition coefficient (Wildman–Crippen LogP) is 4.05. The summed E-state index contributed by atoms with van der Waals surface area (Å²) in [7, 11) is 0. The van der Waals surface area contributed by atoms with E-state index in [0.717, 1.165) is 16.8 Å². The van der Waals surface area contributed by atoms with Crippen molar-refractivity contribution in [2.45, 2.75) is 19.9 Å². The number of hydrogen-bond acceptors (Lipinski definition) is 3. The van der Waals surface area contributed by atoms with E-state index in [1.54, 1.807) is 10.6 Å². The molecule has 0 unspecified atom stereocenters. The average Bonchev–Trinajstić information content (AvgIpc) is 2.69. The maximum Gasteiger partial charge on any atom is 0.254 e. The fourth-order valence-electron chi connectivity index (χ4n) is 3.46. The van der Waals surface area contributed by atoms with Crippen LogP contribution in [0.3, 0.4) is 0 Å². The lowest BCUT2D eigenvalue weighted by atomic mass is 10.0. The van der Waals surface area contributed by atoms with E-state index in [-0.39, 0.29) is 11.3 Å². The van der Waals surface area contributed by atoms with Gasteiger partial charge in [0.15, 0.2) is 0 Å². The highest BCUT2D eigenvalue weighted by atomic mass is 16.3. The van der Waals surface area contributed by atoms with Crippen molar-refractivity contribution in [3.63, 3.8) is 0 Å². The summed E-state index contributed by atoms with van der Waals surface area (Å²) in [6, 6.07) is 21.5. The van der Waals surface area contributed by atoms with Gasteiger partial charge in [-0.05, 0) is 24.1 Å². The van der Waals surface area contributed by atoms with Crippen LogP contribution in [-0.2, 0) is 13.0 Å². The van der Waals surface area contributed by atoms with Crippen LogP contribution in [-0.4, -0.2) is 14.7 Å². The number of aromatic nitrogens is 2. The second-order valence-electron chi connectivity index (χ2n) is 6.70. The standard InChI is InChI=1S/C23H20N2O2/c1-16-22-20(21(26)14-24-16)13-19(12-17-8-4-2-5-9-17)23(27)25(22)15-18-10-6-3-7-11-18/h2-11,13-14,26H,12,15H2,1H3. The first kappa shape index (κ1) is 17.0. The van der Waals surface area contributed by atoms with E-state index in [9.17, 15) is 9.90 Å². The molecule has 4 heteroatoms. The summed E-state index contributed by atoms with van der Waals surface area (Å²) >= 11 is 0. The molecular weight excluding hydrogens is 336 g/mol. The van der Waals surface area contributed by atoms with E-state index in [0.29, 0.717) is 29.4 Å².